The second kappa shape index (κ2) is 21.6. The smallest absolute Gasteiger partial charge is 0.317 e. The van der Waals surface area contributed by atoms with E-state index in [0.29, 0.717) is 58.3 Å². The van der Waals surface area contributed by atoms with Crippen LogP contribution >= 0.6 is 0 Å². The molecule has 306 valence electrons. The molecule has 7 N–H and O–H groups in total. The lowest BCUT2D eigenvalue weighted by Gasteiger charge is -2.57. The van der Waals surface area contributed by atoms with Gasteiger partial charge >= 0.3 is 5.97 Å². The van der Waals surface area contributed by atoms with Crippen molar-refractivity contribution in [3.8, 4) is 0 Å². The molecule has 2 aromatic carbocycles. The maximum absolute atomic E-state index is 14.2. The van der Waals surface area contributed by atoms with Gasteiger partial charge in [-0.25, -0.2) is 0 Å². The summed E-state index contributed by atoms with van der Waals surface area (Å²) in [6.45, 7) is 7.02. The highest BCUT2D eigenvalue weighted by Gasteiger charge is 2.50. The number of carbonyl (C=O) groups excluding carboxylic acids is 5. The molecule has 56 heavy (non-hydrogen) atoms. The number of nitrogens with one attached hydrogen (secondary N) is 2. The number of nitrogens with two attached hydrogens (primary N) is 2. The van der Waals surface area contributed by atoms with Crippen LogP contribution in [0.3, 0.4) is 0 Å². The fourth-order valence-electron chi connectivity index (χ4n) is 7.73. The van der Waals surface area contributed by atoms with Crippen molar-refractivity contribution in [3.63, 3.8) is 0 Å². The molecule has 0 saturated carbocycles. The normalized spacial score (nSPS) is 18.4. The van der Waals surface area contributed by atoms with Gasteiger partial charge in [-0.05, 0) is 75.1 Å². The number of rotatable bonds is 23. The number of benzene rings is 2. The zero-order chi connectivity index (χ0) is 40.8. The molecular weight excluding hydrogens is 715 g/mol. The predicted octanol–water partition coefficient (Wildman–Crippen LogP) is 1.74. The molecule has 14 heteroatoms. The summed E-state index contributed by atoms with van der Waals surface area (Å²) < 4.78 is 0. The van der Waals surface area contributed by atoms with Crippen molar-refractivity contribution in [2.45, 2.75) is 102 Å². The van der Waals surface area contributed by atoms with Gasteiger partial charge in [0.2, 0.25) is 23.6 Å². The summed E-state index contributed by atoms with van der Waals surface area (Å²) in [6, 6.07) is 15.7. The molecule has 3 heterocycles. The van der Waals surface area contributed by atoms with Gasteiger partial charge in [0, 0.05) is 25.4 Å². The number of hydrogen-bond acceptors (Lipinski definition) is 9. The Hall–Kier alpha value is -4.66. The Labute approximate surface area is 330 Å². The van der Waals surface area contributed by atoms with E-state index in [4.69, 9.17) is 11.5 Å². The second-order valence-corrected chi connectivity index (χ2v) is 15.7. The van der Waals surface area contributed by atoms with E-state index in [1.807, 2.05) is 74.5 Å². The van der Waals surface area contributed by atoms with E-state index in [0.717, 1.165) is 17.5 Å². The molecule has 3 saturated heterocycles. The Morgan fingerprint density at radius 1 is 0.839 bits per heavy atom. The number of unbranched alkanes of at least 4 members (excludes halogenated alkanes) is 1. The quantitative estimate of drug-likeness (QED) is 0.103. The first-order chi connectivity index (χ1) is 26.8. The maximum Gasteiger partial charge on any atom is 0.317 e. The number of piperidine rings is 1. The Morgan fingerprint density at radius 3 is 1.98 bits per heavy atom. The van der Waals surface area contributed by atoms with Gasteiger partial charge in [0.1, 0.15) is 6.04 Å². The molecule has 4 amide bonds. The topological polar surface area (TPSA) is 208 Å². The highest BCUT2D eigenvalue weighted by Crippen LogP contribution is 2.33. The Morgan fingerprint density at radius 2 is 1.43 bits per heavy atom. The third-order valence-corrected chi connectivity index (χ3v) is 10.7. The van der Waals surface area contributed by atoms with Crippen molar-refractivity contribution >= 4 is 35.4 Å². The summed E-state index contributed by atoms with van der Waals surface area (Å²) in [4.78, 5) is 85.1. The van der Waals surface area contributed by atoms with Crippen molar-refractivity contribution in [1.82, 2.24) is 25.3 Å². The largest absolute Gasteiger partial charge is 0.480 e. The molecule has 3 aliphatic heterocycles. The number of carboxylic acid groups (broad SMARTS) is 1. The van der Waals surface area contributed by atoms with Gasteiger partial charge in [0.25, 0.3) is 0 Å². The lowest BCUT2D eigenvalue weighted by molar-refractivity contribution is -0.164. The monoisotopic (exact) mass is 775 g/mol. The lowest BCUT2D eigenvalue weighted by Crippen LogP contribution is -2.73. The summed E-state index contributed by atoms with van der Waals surface area (Å²) in [5.41, 5.74) is 13.8. The number of carboxylic acids is 1. The van der Waals surface area contributed by atoms with Crippen molar-refractivity contribution in [2.24, 2.45) is 23.3 Å². The Bertz CT molecular complexity index is 1610. The highest BCUT2D eigenvalue weighted by molar-refractivity contribution is 5.95. The van der Waals surface area contributed by atoms with Crippen LogP contribution in [-0.4, -0.2) is 125 Å². The molecule has 3 aliphatic rings. The van der Waals surface area contributed by atoms with Gasteiger partial charge in [-0.3, -0.25) is 33.7 Å². The van der Waals surface area contributed by atoms with E-state index in [2.05, 4.69) is 10.6 Å². The van der Waals surface area contributed by atoms with E-state index in [1.54, 1.807) is 21.6 Å². The number of hydrogen-bond donors (Lipinski definition) is 5. The van der Waals surface area contributed by atoms with Crippen LogP contribution < -0.4 is 22.1 Å². The van der Waals surface area contributed by atoms with Crippen LogP contribution in [0.5, 0.6) is 0 Å². The standard InChI is InChI=1S/C42H61N7O7/c1-4-47(27-39(52)53)26-38(51)48-24-32-23-33(25-48)49(32)42(56)35(17-11-12-18-43)45-40(54)31(19-28(2)3)22-37(50)36(21-30-15-9-6-10-16-30)46-41(55)34(44)20-29-13-7-5-8-14-29/h5-10,13-16,28,31-36H,4,11-12,17-27,43-44H2,1-3H3,(H,45,54)(H,46,55)(H,52,53). The molecule has 0 aliphatic carbocycles. The van der Waals surface area contributed by atoms with Crippen LogP contribution in [0.1, 0.15) is 70.4 Å². The van der Waals surface area contributed by atoms with Crippen molar-refractivity contribution in [2.75, 3.05) is 39.3 Å². The first-order valence-corrected chi connectivity index (χ1v) is 20.0. The van der Waals surface area contributed by atoms with Gasteiger partial charge in [-0.15, -0.1) is 0 Å². The maximum atomic E-state index is 14.2. The molecule has 5 rings (SSSR count). The first kappa shape index (κ1) is 44.1. The van der Waals surface area contributed by atoms with Gasteiger partial charge < -0.3 is 37.0 Å². The third-order valence-electron chi connectivity index (χ3n) is 10.7. The predicted molar refractivity (Wildman–Crippen MR) is 213 cm³/mol. The van der Waals surface area contributed by atoms with Crippen LogP contribution in [0.2, 0.25) is 0 Å². The van der Waals surface area contributed by atoms with Gasteiger partial charge in [0.15, 0.2) is 5.78 Å². The highest BCUT2D eigenvalue weighted by atomic mass is 16.4. The number of amides is 4. The van der Waals surface area contributed by atoms with Crippen LogP contribution in [0.4, 0.5) is 0 Å². The molecule has 14 nitrogen and oxygen atoms in total. The summed E-state index contributed by atoms with van der Waals surface area (Å²) >= 11 is 0. The summed E-state index contributed by atoms with van der Waals surface area (Å²) in [6.07, 6.45) is 3.17. The molecule has 2 bridgehead atoms. The molecule has 0 spiro atoms. The molecule has 6 atom stereocenters. The zero-order valence-corrected chi connectivity index (χ0v) is 33.1. The summed E-state index contributed by atoms with van der Waals surface area (Å²) in [5.74, 6) is -3.25. The van der Waals surface area contributed by atoms with Crippen LogP contribution in [0.15, 0.2) is 60.7 Å². The minimum atomic E-state index is -1.00. The molecule has 3 fully saturated rings. The lowest BCUT2D eigenvalue weighted by atomic mass is 9.85. The number of fused-ring (bicyclic) bond motifs is 2. The zero-order valence-electron chi connectivity index (χ0n) is 33.1. The van der Waals surface area contributed by atoms with Crippen molar-refractivity contribution < 1.29 is 33.9 Å². The fourth-order valence-corrected chi connectivity index (χ4v) is 7.73. The number of Topliss-reactive ketones (excluding diaryl/α,β-unsaturated/α-hetero) is 1. The summed E-state index contributed by atoms with van der Waals surface area (Å²) in [7, 11) is 0. The SMILES string of the molecule is CCN(CC(=O)O)CC(=O)N1CC2CC(C1)N2C(=O)C(CCCCN)NC(=O)C(CC(=O)C(Cc1ccccc1)NC(=O)C(N)Cc1ccccc1)CC(C)C. The van der Waals surface area contributed by atoms with E-state index < -0.39 is 41.8 Å². The number of piperazine rings is 1. The summed E-state index contributed by atoms with van der Waals surface area (Å²) in [5, 5.41) is 15.1. The van der Waals surface area contributed by atoms with E-state index in [1.165, 1.54) is 0 Å². The van der Waals surface area contributed by atoms with Crippen molar-refractivity contribution in [1.29, 1.82) is 0 Å². The fraction of sp³-hybridized carbons (Fsp3) is 0.571. The van der Waals surface area contributed by atoms with E-state index >= 15 is 0 Å². The average molecular weight is 776 g/mol. The Balaban J connectivity index is 1.45. The molecular formula is C42H61N7O7. The van der Waals surface area contributed by atoms with Gasteiger partial charge in [0.05, 0.1) is 37.3 Å². The molecule has 0 aromatic heterocycles. The van der Waals surface area contributed by atoms with Gasteiger partial charge in [-0.1, -0.05) is 81.4 Å². The minimum Gasteiger partial charge on any atom is -0.480 e. The van der Waals surface area contributed by atoms with Crippen LogP contribution in [-0.2, 0) is 41.6 Å². The number of carbonyl (C=O) groups is 6. The number of aliphatic carboxylic acids is 1. The molecule has 2 aromatic rings. The average Bonchev–Trinajstić information content (AvgIpc) is 3.16. The van der Waals surface area contributed by atoms with Crippen LogP contribution in [0, 0.1) is 11.8 Å². The van der Waals surface area contributed by atoms with Gasteiger partial charge in [-0.2, -0.15) is 0 Å². The number of ketones is 1. The van der Waals surface area contributed by atoms with Crippen molar-refractivity contribution in [3.05, 3.63) is 71.8 Å². The second-order valence-electron chi connectivity index (χ2n) is 15.7. The number of likely N-dealkylation sites (N-methyl/N-ethyl adjacent to an activating group) is 1. The third kappa shape index (κ3) is 13.0. The van der Waals surface area contributed by atoms with E-state index in [9.17, 15) is 33.9 Å². The Kier molecular flexibility index (Phi) is 17.0. The van der Waals surface area contributed by atoms with E-state index in [-0.39, 0.29) is 61.5 Å². The minimum absolute atomic E-state index is 0.0136. The number of nitrogens with zero attached hydrogens (tertiary/aromatic N) is 3. The first-order valence-electron chi connectivity index (χ1n) is 20.0. The molecule has 6 unspecified atom stereocenters. The van der Waals surface area contributed by atoms with Crippen LogP contribution in [0.25, 0.3) is 0 Å². The molecule has 0 radical (unpaired) electrons.